The van der Waals surface area contributed by atoms with Crippen molar-refractivity contribution in [2.45, 2.75) is 13.5 Å². The van der Waals surface area contributed by atoms with Crippen LogP contribution in [0.3, 0.4) is 0 Å². The van der Waals surface area contributed by atoms with Crippen LogP contribution in [0.25, 0.3) is 21.7 Å². The number of nitrogens with zero attached hydrogens (tertiary/aromatic N) is 3. The van der Waals surface area contributed by atoms with Crippen molar-refractivity contribution in [3.8, 4) is 5.75 Å². The monoisotopic (exact) mass is 511 g/mol. The number of aromatic hydroxyl groups is 1. The molecule has 1 aromatic heterocycles. The molecular formula is C27H21N5O4S. The summed E-state index contributed by atoms with van der Waals surface area (Å²) in [5, 5.41) is 37.0. The van der Waals surface area contributed by atoms with Crippen LogP contribution in [0.4, 0.5) is 22.1 Å². The van der Waals surface area contributed by atoms with E-state index in [1.54, 1.807) is 54.6 Å². The topological polar surface area (TPSA) is 136 Å². The van der Waals surface area contributed by atoms with Gasteiger partial charge in [-0.15, -0.1) is 10.2 Å². The van der Waals surface area contributed by atoms with Crippen LogP contribution in [0.1, 0.15) is 22.8 Å². The van der Waals surface area contributed by atoms with Crippen molar-refractivity contribution in [3.63, 3.8) is 0 Å². The Labute approximate surface area is 215 Å². The first kappa shape index (κ1) is 24.0. The number of aliphatic hydroxyl groups excluding tert-OH is 1. The minimum Gasteiger partial charge on any atom is -0.505 e. The zero-order chi connectivity index (χ0) is 25.9. The maximum Gasteiger partial charge on any atom is 0.259 e. The molecule has 5 rings (SSSR count). The van der Waals surface area contributed by atoms with Gasteiger partial charge in [0, 0.05) is 29.1 Å². The number of rotatable bonds is 6. The summed E-state index contributed by atoms with van der Waals surface area (Å²) in [6, 6.07) is 20.9. The average molecular weight is 512 g/mol. The van der Waals surface area contributed by atoms with Crippen molar-refractivity contribution in [1.82, 2.24) is 4.37 Å². The number of phenols is 1. The first-order valence-electron chi connectivity index (χ1n) is 11.3. The number of carbonyl (C=O) groups excluding carboxylic acids is 2. The maximum absolute atomic E-state index is 13.1. The van der Waals surface area contributed by atoms with Crippen LogP contribution in [-0.4, -0.2) is 26.4 Å². The quantitative estimate of drug-likeness (QED) is 0.199. The molecule has 0 spiro atoms. The maximum atomic E-state index is 13.1. The van der Waals surface area contributed by atoms with Crippen molar-refractivity contribution in [2.24, 2.45) is 10.2 Å². The lowest BCUT2D eigenvalue weighted by molar-refractivity contribution is -0.114. The molecule has 0 atom stereocenters. The Morgan fingerprint density at radius 3 is 2.43 bits per heavy atom. The highest BCUT2D eigenvalue weighted by Crippen LogP contribution is 2.41. The minimum atomic E-state index is -0.514. The minimum absolute atomic E-state index is 0.0426. The highest BCUT2D eigenvalue weighted by atomic mass is 32.1. The lowest BCUT2D eigenvalue weighted by atomic mass is 10.0. The van der Waals surface area contributed by atoms with Gasteiger partial charge in [-0.2, -0.15) is 4.37 Å². The number of fused-ring (bicyclic) bond motifs is 2. The smallest absolute Gasteiger partial charge is 0.259 e. The molecule has 0 aliphatic carbocycles. The van der Waals surface area contributed by atoms with Gasteiger partial charge in [0.05, 0.1) is 17.7 Å². The second kappa shape index (κ2) is 10.1. The first-order chi connectivity index (χ1) is 17.9. The third-order valence-corrected chi connectivity index (χ3v) is 6.42. The van der Waals surface area contributed by atoms with Crippen LogP contribution < -0.4 is 10.6 Å². The summed E-state index contributed by atoms with van der Waals surface area (Å²) >= 11 is 1.13. The summed E-state index contributed by atoms with van der Waals surface area (Å²) in [6.45, 7) is 1.33. The van der Waals surface area contributed by atoms with Gasteiger partial charge in [0.25, 0.3) is 5.91 Å². The summed E-state index contributed by atoms with van der Waals surface area (Å²) in [6.07, 6.45) is 0. The molecule has 0 saturated carbocycles. The second-order valence-electron chi connectivity index (χ2n) is 8.25. The summed E-state index contributed by atoms with van der Waals surface area (Å²) in [5.41, 5.74) is 2.73. The predicted molar refractivity (Wildman–Crippen MR) is 144 cm³/mol. The third-order valence-electron chi connectivity index (χ3n) is 5.65. The van der Waals surface area contributed by atoms with Crippen LogP contribution in [0.5, 0.6) is 5.75 Å². The molecule has 0 bridgehead atoms. The summed E-state index contributed by atoms with van der Waals surface area (Å²) in [7, 11) is 0. The van der Waals surface area contributed by atoms with E-state index in [9.17, 15) is 19.8 Å². The summed E-state index contributed by atoms with van der Waals surface area (Å²) in [5.74, 6) is -1.01. The number of aliphatic hydroxyl groups is 1. The molecule has 0 radical (unpaired) electrons. The van der Waals surface area contributed by atoms with Crippen LogP contribution in [0.15, 0.2) is 83.0 Å². The summed E-state index contributed by atoms with van der Waals surface area (Å²) in [4.78, 5) is 24.5. The lowest BCUT2D eigenvalue weighted by Crippen LogP contribution is -2.12. The zero-order valence-electron chi connectivity index (χ0n) is 19.6. The van der Waals surface area contributed by atoms with Gasteiger partial charge in [0.2, 0.25) is 5.91 Å². The molecular weight excluding hydrogens is 490 g/mol. The molecule has 1 heterocycles. The van der Waals surface area contributed by atoms with Gasteiger partial charge in [-0.25, -0.2) is 0 Å². The molecule has 37 heavy (non-hydrogen) atoms. The molecule has 0 aliphatic heterocycles. The molecule has 0 fully saturated rings. The van der Waals surface area contributed by atoms with E-state index >= 15 is 0 Å². The lowest BCUT2D eigenvalue weighted by Gasteiger charge is -2.11. The fourth-order valence-corrected chi connectivity index (χ4v) is 4.54. The average Bonchev–Trinajstić information content (AvgIpc) is 3.30. The number of aromatic nitrogens is 1. The first-order valence-corrected chi connectivity index (χ1v) is 12.0. The Morgan fingerprint density at radius 2 is 1.68 bits per heavy atom. The van der Waals surface area contributed by atoms with E-state index in [1.165, 1.54) is 6.92 Å². The number of amides is 2. The van der Waals surface area contributed by atoms with E-state index in [0.29, 0.717) is 43.6 Å². The number of hydrogen-bond acceptors (Lipinski definition) is 8. The van der Waals surface area contributed by atoms with Crippen molar-refractivity contribution >= 4 is 67.1 Å². The fraction of sp³-hybridized carbons (Fsp3) is 0.0741. The van der Waals surface area contributed by atoms with Crippen LogP contribution in [-0.2, 0) is 11.4 Å². The standard InChI is InChI=1S/C27H21N5O4S/c1-15(34)28-19-10-11-23-21(13-19)27(37-32-23)31-30-24-20-5-3-2-4-17(20)12-22(25(24)35)26(36)29-18-8-6-16(14-33)7-9-18/h2-13,33,35H,14H2,1H3,(H,28,34)(H,29,36). The normalized spacial score (nSPS) is 11.3. The van der Waals surface area contributed by atoms with Gasteiger partial charge in [-0.1, -0.05) is 36.4 Å². The molecule has 184 valence electrons. The Morgan fingerprint density at radius 1 is 0.919 bits per heavy atom. The van der Waals surface area contributed by atoms with Crippen molar-refractivity contribution in [2.75, 3.05) is 10.6 Å². The number of carbonyl (C=O) groups is 2. The van der Waals surface area contributed by atoms with Crippen molar-refractivity contribution in [3.05, 3.63) is 83.9 Å². The molecule has 0 aliphatic rings. The van der Waals surface area contributed by atoms with Gasteiger partial charge >= 0.3 is 0 Å². The highest BCUT2D eigenvalue weighted by molar-refractivity contribution is 7.11. The van der Waals surface area contributed by atoms with Crippen LogP contribution >= 0.6 is 11.5 Å². The Bertz CT molecular complexity index is 1680. The molecule has 10 heteroatoms. The van der Waals surface area contributed by atoms with E-state index in [1.807, 2.05) is 18.2 Å². The van der Waals surface area contributed by atoms with Crippen molar-refractivity contribution in [1.29, 1.82) is 0 Å². The Kier molecular flexibility index (Phi) is 6.59. The Balaban J connectivity index is 1.53. The zero-order valence-corrected chi connectivity index (χ0v) is 20.4. The molecule has 4 N–H and O–H groups in total. The summed E-state index contributed by atoms with van der Waals surface area (Å²) < 4.78 is 4.37. The number of anilines is 2. The van der Waals surface area contributed by atoms with Gasteiger partial charge in [0.15, 0.2) is 10.8 Å². The predicted octanol–water partition coefficient (Wildman–Crippen LogP) is 6.27. The van der Waals surface area contributed by atoms with Gasteiger partial charge in [-0.3, -0.25) is 9.59 Å². The number of nitrogens with one attached hydrogen (secondary N) is 2. The number of phenolic OH excluding ortho intramolecular Hbond substituents is 1. The highest BCUT2D eigenvalue weighted by Gasteiger charge is 2.19. The van der Waals surface area contributed by atoms with Gasteiger partial charge in [-0.05, 0) is 58.9 Å². The van der Waals surface area contributed by atoms with E-state index < -0.39 is 5.91 Å². The van der Waals surface area contributed by atoms with E-state index in [0.717, 1.165) is 11.5 Å². The van der Waals surface area contributed by atoms with E-state index in [4.69, 9.17) is 0 Å². The van der Waals surface area contributed by atoms with Gasteiger partial charge in [0.1, 0.15) is 5.69 Å². The van der Waals surface area contributed by atoms with E-state index in [2.05, 4.69) is 25.2 Å². The molecule has 2 amide bonds. The number of hydrogen-bond donors (Lipinski definition) is 4. The Hall–Kier alpha value is -4.67. The largest absolute Gasteiger partial charge is 0.505 e. The third kappa shape index (κ3) is 5.01. The van der Waals surface area contributed by atoms with Crippen LogP contribution in [0.2, 0.25) is 0 Å². The molecule has 0 saturated heterocycles. The number of benzene rings is 4. The molecule has 4 aromatic carbocycles. The molecule has 9 nitrogen and oxygen atoms in total. The SMILES string of the molecule is CC(=O)Nc1ccc2nsc(N=Nc3c(O)c(C(=O)Nc4ccc(CO)cc4)cc4ccccc34)c2c1. The van der Waals surface area contributed by atoms with Crippen molar-refractivity contribution < 1.29 is 19.8 Å². The van der Waals surface area contributed by atoms with E-state index in [-0.39, 0.29) is 29.5 Å². The molecule has 5 aromatic rings. The molecule has 0 unspecified atom stereocenters. The van der Waals surface area contributed by atoms with Gasteiger partial charge < -0.3 is 20.8 Å². The number of azo groups is 1. The second-order valence-corrected chi connectivity index (χ2v) is 9.00. The van der Waals surface area contributed by atoms with Crippen LogP contribution in [0, 0.1) is 0 Å². The fourth-order valence-electron chi connectivity index (χ4n) is 3.86.